The number of rotatable bonds is 4. The van der Waals surface area contributed by atoms with Crippen molar-refractivity contribution in [3.63, 3.8) is 0 Å². The molecule has 2 amide bonds. The van der Waals surface area contributed by atoms with E-state index in [0.29, 0.717) is 12.0 Å². The van der Waals surface area contributed by atoms with Crippen LogP contribution in [0.1, 0.15) is 49.7 Å². The number of imidazole rings is 1. The molecule has 0 aliphatic carbocycles. The van der Waals surface area contributed by atoms with Gasteiger partial charge in [-0.05, 0) is 61.9 Å². The molecule has 1 saturated heterocycles. The Kier molecular flexibility index (Phi) is 5.75. The van der Waals surface area contributed by atoms with E-state index in [4.69, 9.17) is 4.98 Å². The highest BCUT2D eigenvalue weighted by atomic mass is 16.2. The van der Waals surface area contributed by atoms with Crippen molar-refractivity contribution in [3.8, 4) is 0 Å². The van der Waals surface area contributed by atoms with Gasteiger partial charge in [-0.25, -0.2) is 14.8 Å². The Hall–Kier alpha value is -2.89. The average molecular weight is 406 g/mol. The fourth-order valence-electron chi connectivity index (χ4n) is 4.26. The Balaban J connectivity index is 1.48. The van der Waals surface area contributed by atoms with Gasteiger partial charge in [0, 0.05) is 37.4 Å². The number of likely N-dealkylation sites (tertiary alicyclic amines) is 1. The third-order valence-corrected chi connectivity index (χ3v) is 5.86. The van der Waals surface area contributed by atoms with E-state index in [2.05, 4.69) is 34.8 Å². The summed E-state index contributed by atoms with van der Waals surface area (Å²) in [5.74, 6) is 1.64. The van der Waals surface area contributed by atoms with Gasteiger partial charge >= 0.3 is 6.03 Å². The van der Waals surface area contributed by atoms with E-state index in [-0.39, 0.29) is 6.03 Å². The minimum absolute atomic E-state index is 0.0156. The topological polar surface area (TPSA) is 63.1 Å². The number of fused-ring (bicyclic) bond motifs is 1. The molecule has 0 spiro atoms. The average Bonchev–Trinajstić information content (AvgIpc) is 3.08. The van der Waals surface area contributed by atoms with E-state index >= 15 is 0 Å². The number of benzene rings is 1. The van der Waals surface area contributed by atoms with Crippen molar-refractivity contribution < 1.29 is 4.79 Å². The van der Waals surface area contributed by atoms with Crippen LogP contribution in [0.15, 0.2) is 36.5 Å². The van der Waals surface area contributed by atoms with Crippen LogP contribution in [0.4, 0.5) is 10.5 Å². The Labute approximate surface area is 178 Å². The van der Waals surface area contributed by atoms with Gasteiger partial charge in [0.2, 0.25) is 0 Å². The summed E-state index contributed by atoms with van der Waals surface area (Å²) in [6.07, 6.45) is 4.59. The lowest BCUT2D eigenvalue weighted by Gasteiger charge is -2.33. The number of anilines is 1. The number of nitrogens with one attached hydrogen (secondary N) is 1. The molecule has 30 heavy (non-hydrogen) atoms. The standard InChI is InChI=1S/C24H31N5O/c1-16(2)14-22-26-20-6-5-11-25-23(20)29(22)19-9-12-28(13-10-19)24(30)27-21-15-17(3)7-8-18(21)4/h5-8,11,15-16,19H,9-10,12-14H2,1-4H3,(H,27,30). The molecule has 1 aliphatic rings. The molecule has 3 heterocycles. The minimum atomic E-state index is -0.0156. The SMILES string of the molecule is Cc1ccc(C)c(NC(=O)N2CCC(n3c(CC(C)C)nc4cccnc43)CC2)c1. The van der Waals surface area contributed by atoms with Gasteiger partial charge in [-0.15, -0.1) is 0 Å². The van der Waals surface area contributed by atoms with Crippen LogP contribution >= 0.6 is 0 Å². The highest BCUT2D eigenvalue weighted by Crippen LogP contribution is 2.29. The fourth-order valence-corrected chi connectivity index (χ4v) is 4.26. The first-order valence-corrected chi connectivity index (χ1v) is 10.9. The zero-order chi connectivity index (χ0) is 21.3. The largest absolute Gasteiger partial charge is 0.324 e. The number of nitrogens with zero attached hydrogens (tertiary/aromatic N) is 4. The third-order valence-electron chi connectivity index (χ3n) is 5.86. The number of carbonyl (C=O) groups is 1. The van der Waals surface area contributed by atoms with Crippen LogP contribution in [-0.2, 0) is 6.42 Å². The van der Waals surface area contributed by atoms with Crippen LogP contribution in [0.25, 0.3) is 11.2 Å². The van der Waals surface area contributed by atoms with Crippen molar-refractivity contribution in [2.75, 3.05) is 18.4 Å². The van der Waals surface area contributed by atoms with E-state index < -0.39 is 0 Å². The van der Waals surface area contributed by atoms with Crippen LogP contribution in [0, 0.1) is 19.8 Å². The van der Waals surface area contributed by atoms with Crippen LogP contribution < -0.4 is 5.32 Å². The summed E-state index contributed by atoms with van der Waals surface area (Å²) < 4.78 is 2.33. The molecule has 0 bridgehead atoms. The number of aromatic nitrogens is 3. The second-order valence-corrected chi connectivity index (χ2v) is 8.81. The molecule has 0 radical (unpaired) electrons. The minimum Gasteiger partial charge on any atom is -0.324 e. The highest BCUT2D eigenvalue weighted by molar-refractivity contribution is 5.90. The number of hydrogen-bond donors (Lipinski definition) is 1. The smallest absolute Gasteiger partial charge is 0.321 e. The molecule has 0 saturated carbocycles. The fraction of sp³-hybridized carbons (Fsp3) is 0.458. The zero-order valence-corrected chi connectivity index (χ0v) is 18.4. The Morgan fingerprint density at radius 1 is 1.20 bits per heavy atom. The normalized spacial score (nSPS) is 15.2. The number of carbonyl (C=O) groups excluding carboxylic acids is 1. The molecular formula is C24H31N5O. The van der Waals surface area contributed by atoms with Gasteiger partial charge in [-0.2, -0.15) is 0 Å². The summed E-state index contributed by atoms with van der Waals surface area (Å²) in [5.41, 5.74) is 5.05. The molecule has 1 N–H and O–H groups in total. The summed E-state index contributed by atoms with van der Waals surface area (Å²) >= 11 is 0. The molecule has 1 fully saturated rings. The summed E-state index contributed by atoms with van der Waals surface area (Å²) in [5, 5.41) is 3.09. The van der Waals surface area contributed by atoms with E-state index in [9.17, 15) is 4.79 Å². The molecule has 158 valence electrons. The number of piperidine rings is 1. The second kappa shape index (κ2) is 8.46. The van der Waals surface area contributed by atoms with Crippen LogP contribution in [0.3, 0.4) is 0 Å². The van der Waals surface area contributed by atoms with Crippen LogP contribution in [0.5, 0.6) is 0 Å². The van der Waals surface area contributed by atoms with E-state index in [1.54, 1.807) is 0 Å². The zero-order valence-electron chi connectivity index (χ0n) is 18.4. The molecule has 3 aromatic rings. The van der Waals surface area contributed by atoms with Gasteiger partial charge < -0.3 is 14.8 Å². The number of aryl methyl sites for hydroxylation is 2. The second-order valence-electron chi connectivity index (χ2n) is 8.81. The van der Waals surface area contributed by atoms with Gasteiger partial charge in [-0.3, -0.25) is 0 Å². The number of hydrogen-bond acceptors (Lipinski definition) is 3. The molecule has 2 aromatic heterocycles. The van der Waals surface area contributed by atoms with Crippen LogP contribution in [-0.4, -0.2) is 38.6 Å². The van der Waals surface area contributed by atoms with Crippen molar-refractivity contribution in [2.24, 2.45) is 5.92 Å². The maximum atomic E-state index is 12.8. The van der Waals surface area contributed by atoms with Gasteiger partial charge in [0.15, 0.2) is 5.65 Å². The Morgan fingerprint density at radius 2 is 1.97 bits per heavy atom. The molecule has 1 aliphatic heterocycles. The van der Waals surface area contributed by atoms with Crippen LogP contribution in [0.2, 0.25) is 0 Å². The summed E-state index contributed by atoms with van der Waals surface area (Å²) in [6.45, 7) is 9.96. The molecular weight excluding hydrogens is 374 g/mol. The van der Waals surface area contributed by atoms with Crippen molar-refractivity contribution >= 4 is 22.9 Å². The van der Waals surface area contributed by atoms with Gasteiger partial charge in [-0.1, -0.05) is 26.0 Å². The maximum Gasteiger partial charge on any atom is 0.321 e. The Morgan fingerprint density at radius 3 is 2.70 bits per heavy atom. The molecule has 0 atom stereocenters. The van der Waals surface area contributed by atoms with E-state index in [0.717, 1.165) is 66.2 Å². The lowest BCUT2D eigenvalue weighted by atomic mass is 10.0. The lowest BCUT2D eigenvalue weighted by Crippen LogP contribution is -2.41. The molecule has 1 aromatic carbocycles. The highest BCUT2D eigenvalue weighted by Gasteiger charge is 2.27. The third kappa shape index (κ3) is 4.18. The van der Waals surface area contributed by atoms with Gasteiger partial charge in [0.1, 0.15) is 11.3 Å². The van der Waals surface area contributed by atoms with Crippen molar-refractivity contribution in [1.29, 1.82) is 0 Å². The first-order valence-electron chi connectivity index (χ1n) is 10.9. The quantitative estimate of drug-likeness (QED) is 0.656. The first-order chi connectivity index (χ1) is 14.4. The molecule has 0 unspecified atom stereocenters. The molecule has 6 nitrogen and oxygen atoms in total. The first kappa shape index (κ1) is 20.4. The number of urea groups is 1. The van der Waals surface area contributed by atoms with Crippen molar-refractivity contribution in [2.45, 2.75) is 53.0 Å². The molecule has 4 rings (SSSR count). The lowest BCUT2D eigenvalue weighted by molar-refractivity contribution is 0.183. The summed E-state index contributed by atoms with van der Waals surface area (Å²) in [7, 11) is 0. The predicted molar refractivity (Wildman–Crippen MR) is 121 cm³/mol. The number of amides is 2. The van der Waals surface area contributed by atoms with Gasteiger partial charge in [0.25, 0.3) is 0 Å². The van der Waals surface area contributed by atoms with Crippen molar-refractivity contribution in [1.82, 2.24) is 19.4 Å². The van der Waals surface area contributed by atoms with E-state index in [1.807, 2.05) is 49.2 Å². The van der Waals surface area contributed by atoms with E-state index in [1.165, 1.54) is 0 Å². The number of pyridine rings is 1. The summed E-state index contributed by atoms with van der Waals surface area (Å²) in [4.78, 5) is 24.2. The Bertz CT molecular complexity index is 1050. The monoisotopic (exact) mass is 405 g/mol. The summed E-state index contributed by atoms with van der Waals surface area (Å²) in [6, 6.07) is 10.4. The maximum absolute atomic E-state index is 12.8. The predicted octanol–water partition coefficient (Wildman–Crippen LogP) is 5.12. The van der Waals surface area contributed by atoms with Gasteiger partial charge in [0.05, 0.1) is 0 Å². The molecule has 6 heteroatoms. The van der Waals surface area contributed by atoms with Crippen molar-refractivity contribution in [3.05, 3.63) is 53.5 Å².